The van der Waals surface area contributed by atoms with Crippen LogP contribution in [0.15, 0.2) is 18.2 Å². The molecule has 0 heterocycles. The molecule has 1 saturated carbocycles. The number of carbonyl (C=O) groups excluding carboxylic acids is 1. The Bertz CT molecular complexity index is 420. The van der Waals surface area contributed by atoms with Crippen molar-refractivity contribution in [2.24, 2.45) is 5.41 Å². The monoisotopic (exact) mass is 224 g/mol. The second-order valence-electron chi connectivity index (χ2n) is 4.72. The van der Waals surface area contributed by atoms with E-state index in [1.807, 2.05) is 6.92 Å². The van der Waals surface area contributed by atoms with Gasteiger partial charge < -0.3 is 0 Å². The Morgan fingerprint density at radius 2 is 1.88 bits per heavy atom. The lowest BCUT2D eigenvalue weighted by Crippen LogP contribution is -2.25. The minimum Gasteiger partial charge on any atom is -0.293 e. The van der Waals surface area contributed by atoms with E-state index >= 15 is 0 Å². The second kappa shape index (κ2) is 3.96. The normalized spacial score (nSPS) is 18.7. The molecule has 0 aromatic heterocycles. The van der Waals surface area contributed by atoms with Gasteiger partial charge in [-0.05, 0) is 31.0 Å². The summed E-state index contributed by atoms with van der Waals surface area (Å²) in [5.74, 6) is -1.45. The predicted octanol–water partition coefficient (Wildman–Crippen LogP) is 3.73. The van der Waals surface area contributed by atoms with Crippen LogP contribution >= 0.6 is 0 Å². The van der Waals surface area contributed by atoms with Crippen LogP contribution in [0, 0.1) is 17.0 Å². The number of hydrogen-bond donors (Lipinski definition) is 0. The third-order valence-corrected chi connectivity index (χ3v) is 3.43. The van der Waals surface area contributed by atoms with Gasteiger partial charge in [0.15, 0.2) is 5.78 Å². The molecular weight excluding hydrogens is 210 g/mol. The first kappa shape index (κ1) is 11.2. The molecule has 0 unspecified atom stereocenters. The third-order valence-electron chi connectivity index (χ3n) is 3.43. The molecule has 0 saturated heterocycles. The molecule has 0 spiro atoms. The van der Waals surface area contributed by atoms with Gasteiger partial charge in [-0.1, -0.05) is 19.8 Å². The van der Waals surface area contributed by atoms with Gasteiger partial charge in [-0.15, -0.1) is 0 Å². The van der Waals surface area contributed by atoms with Gasteiger partial charge in [0.25, 0.3) is 0 Å². The summed E-state index contributed by atoms with van der Waals surface area (Å²) in [6, 6.07) is 3.05. The highest BCUT2D eigenvalue weighted by Gasteiger charge is 2.37. The average Bonchev–Trinajstić information content (AvgIpc) is 2.69. The van der Waals surface area contributed by atoms with Crippen LogP contribution in [0.4, 0.5) is 8.78 Å². The van der Waals surface area contributed by atoms with E-state index in [2.05, 4.69) is 0 Å². The fourth-order valence-corrected chi connectivity index (χ4v) is 2.38. The van der Waals surface area contributed by atoms with Crippen molar-refractivity contribution < 1.29 is 13.6 Å². The summed E-state index contributed by atoms with van der Waals surface area (Å²) in [5.41, 5.74) is -0.612. The molecule has 1 aromatic rings. The van der Waals surface area contributed by atoms with Crippen LogP contribution in [0.25, 0.3) is 0 Å². The van der Waals surface area contributed by atoms with Gasteiger partial charge in [0, 0.05) is 5.41 Å². The molecule has 3 heteroatoms. The van der Waals surface area contributed by atoms with Crippen LogP contribution in [-0.4, -0.2) is 5.78 Å². The van der Waals surface area contributed by atoms with Crippen LogP contribution in [0.5, 0.6) is 0 Å². The first-order valence-electron chi connectivity index (χ1n) is 5.53. The Hall–Kier alpha value is -1.25. The SMILES string of the molecule is CC1(C(=O)c2cc(F)ccc2F)CCCC1. The van der Waals surface area contributed by atoms with Gasteiger partial charge in [-0.2, -0.15) is 0 Å². The Kier molecular flexibility index (Phi) is 2.78. The van der Waals surface area contributed by atoms with Crippen molar-refractivity contribution in [1.82, 2.24) is 0 Å². The van der Waals surface area contributed by atoms with Crippen LogP contribution < -0.4 is 0 Å². The molecule has 0 amide bonds. The minimum atomic E-state index is -0.625. The smallest absolute Gasteiger partial charge is 0.171 e. The number of benzene rings is 1. The first-order chi connectivity index (χ1) is 7.53. The second-order valence-corrected chi connectivity index (χ2v) is 4.72. The maximum atomic E-state index is 13.5. The highest BCUT2D eigenvalue weighted by atomic mass is 19.1. The molecule has 1 nitrogen and oxygen atoms in total. The molecule has 1 aliphatic carbocycles. The van der Waals surface area contributed by atoms with Crippen molar-refractivity contribution in [3.05, 3.63) is 35.4 Å². The van der Waals surface area contributed by atoms with E-state index in [1.165, 1.54) is 0 Å². The topological polar surface area (TPSA) is 17.1 Å². The Labute approximate surface area is 93.5 Å². The summed E-state index contributed by atoms with van der Waals surface area (Å²) in [5, 5.41) is 0. The highest BCUT2D eigenvalue weighted by Crippen LogP contribution is 2.40. The summed E-state index contributed by atoms with van der Waals surface area (Å²) in [7, 11) is 0. The largest absolute Gasteiger partial charge is 0.293 e. The molecule has 2 rings (SSSR count). The molecule has 0 aliphatic heterocycles. The lowest BCUT2D eigenvalue weighted by molar-refractivity contribution is 0.0818. The van der Waals surface area contributed by atoms with Crippen molar-refractivity contribution in [3.63, 3.8) is 0 Å². The van der Waals surface area contributed by atoms with E-state index in [1.54, 1.807) is 0 Å². The van der Waals surface area contributed by atoms with Crippen molar-refractivity contribution in [2.45, 2.75) is 32.6 Å². The highest BCUT2D eigenvalue weighted by molar-refractivity contribution is 6.00. The zero-order valence-electron chi connectivity index (χ0n) is 9.22. The van der Waals surface area contributed by atoms with E-state index in [9.17, 15) is 13.6 Å². The number of halogens is 2. The van der Waals surface area contributed by atoms with Crippen molar-refractivity contribution in [3.8, 4) is 0 Å². The molecule has 0 radical (unpaired) electrons. The Morgan fingerprint density at radius 3 is 2.50 bits per heavy atom. The van der Waals surface area contributed by atoms with Crippen LogP contribution in [0.3, 0.4) is 0 Å². The zero-order valence-corrected chi connectivity index (χ0v) is 9.22. The number of hydrogen-bond acceptors (Lipinski definition) is 1. The minimum absolute atomic E-state index is 0.107. The average molecular weight is 224 g/mol. The lowest BCUT2D eigenvalue weighted by Gasteiger charge is -2.21. The summed E-state index contributed by atoms with van der Waals surface area (Å²) >= 11 is 0. The molecular formula is C13H14F2O. The van der Waals surface area contributed by atoms with Gasteiger partial charge in [-0.3, -0.25) is 4.79 Å². The van der Waals surface area contributed by atoms with Gasteiger partial charge in [0.1, 0.15) is 11.6 Å². The fraction of sp³-hybridized carbons (Fsp3) is 0.462. The van der Waals surface area contributed by atoms with Gasteiger partial charge in [0.2, 0.25) is 0 Å². The van der Waals surface area contributed by atoms with E-state index in [0.29, 0.717) is 0 Å². The Morgan fingerprint density at radius 1 is 1.25 bits per heavy atom. The third kappa shape index (κ3) is 1.86. The molecule has 0 N–H and O–H groups in total. The number of ketones is 1. The number of carbonyl (C=O) groups is 1. The molecule has 1 fully saturated rings. The maximum absolute atomic E-state index is 13.5. The summed E-state index contributed by atoms with van der Waals surface area (Å²) in [6.07, 6.45) is 3.50. The van der Waals surface area contributed by atoms with E-state index in [4.69, 9.17) is 0 Å². The van der Waals surface area contributed by atoms with E-state index < -0.39 is 17.0 Å². The molecule has 0 bridgehead atoms. The van der Waals surface area contributed by atoms with Crippen molar-refractivity contribution >= 4 is 5.78 Å². The van der Waals surface area contributed by atoms with E-state index in [0.717, 1.165) is 43.9 Å². The molecule has 16 heavy (non-hydrogen) atoms. The van der Waals surface area contributed by atoms with Gasteiger partial charge in [0.05, 0.1) is 5.56 Å². The maximum Gasteiger partial charge on any atom is 0.171 e. The van der Waals surface area contributed by atoms with Crippen molar-refractivity contribution in [1.29, 1.82) is 0 Å². The van der Waals surface area contributed by atoms with Gasteiger partial charge >= 0.3 is 0 Å². The van der Waals surface area contributed by atoms with Crippen LogP contribution in [0.1, 0.15) is 43.0 Å². The number of rotatable bonds is 2. The molecule has 0 atom stereocenters. The lowest BCUT2D eigenvalue weighted by atomic mass is 9.80. The molecule has 1 aliphatic rings. The number of Topliss-reactive ketones (excluding diaryl/α,β-unsaturated/α-hetero) is 1. The van der Waals surface area contributed by atoms with E-state index in [-0.39, 0.29) is 11.3 Å². The zero-order chi connectivity index (χ0) is 11.8. The molecule has 86 valence electrons. The predicted molar refractivity (Wildman–Crippen MR) is 57.3 cm³/mol. The quantitative estimate of drug-likeness (QED) is 0.699. The summed E-state index contributed by atoms with van der Waals surface area (Å²) in [4.78, 5) is 12.1. The fourth-order valence-electron chi connectivity index (χ4n) is 2.38. The first-order valence-corrected chi connectivity index (χ1v) is 5.53. The van der Waals surface area contributed by atoms with Crippen LogP contribution in [0.2, 0.25) is 0 Å². The standard InChI is InChI=1S/C13H14F2O/c1-13(6-2-3-7-13)12(16)10-8-9(14)4-5-11(10)15/h4-5,8H,2-3,6-7H2,1H3. The Balaban J connectivity index is 2.36. The van der Waals surface area contributed by atoms with Crippen LogP contribution in [-0.2, 0) is 0 Å². The summed E-state index contributed by atoms with van der Waals surface area (Å²) < 4.78 is 26.5. The molecule has 1 aromatic carbocycles. The summed E-state index contributed by atoms with van der Waals surface area (Å²) in [6.45, 7) is 1.84. The van der Waals surface area contributed by atoms with Gasteiger partial charge in [-0.25, -0.2) is 8.78 Å². The van der Waals surface area contributed by atoms with Crippen molar-refractivity contribution in [2.75, 3.05) is 0 Å².